The lowest BCUT2D eigenvalue weighted by molar-refractivity contribution is -0.384. The quantitative estimate of drug-likeness (QED) is 0.284. The Morgan fingerprint density at radius 1 is 1.52 bits per heavy atom. The van der Waals surface area contributed by atoms with E-state index in [-0.39, 0.29) is 24.6 Å². The number of non-ortho nitro benzene ring substituents is 1. The van der Waals surface area contributed by atoms with Crippen molar-refractivity contribution in [2.24, 2.45) is 0 Å². The molecule has 2 aromatic rings. The number of hydrogen-bond donors (Lipinski definition) is 2. The minimum atomic E-state index is -1.28. The van der Waals surface area contributed by atoms with Gasteiger partial charge in [0, 0.05) is 12.1 Å². The Labute approximate surface area is 153 Å². The summed E-state index contributed by atoms with van der Waals surface area (Å²) < 4.78 is 6.32. The second-order valence-corrected chi connectivity index (χ2v) is 5.40. The molecule has 0 fully saturated rings. The predicted octanol–water partition coefficient (Wildman–Crippen LogP) is 0.870. The number of carboxylic acid groups (broad SMARTS) is 1. The normalized spacial score (nSPS) is 11.6. The number of rotatable bonds is 9. The molecule has 0 spiro atoms. The van der Waals surface area contributed by atoms with E-state index < -0.39 is 22.8 Å². The SMILES string of the molecule is C=CCOCC(NC(=O)c1nnn(-c2cccc([N+](=O)[O-])c2)c1C)C(=O)O. The average molecular weight is 375 g/mol. The van der Waals surface area contributed by atoms with Gasteiger partial charge in [0.15, 0.2) is 11.7 Å². The van der Waals surface area contributed by atoms with Gasteiger partial charge in [-0.15, -0.1) is 11.7 Å². The second kappa shape index (κ2) is 8.67. The van der Waals surface area contributed by atoms with Crippen molar-refractivity contribution in [2.75, 3.05) is 13.2 Å². The number of hydrogen-bond acceptors (Lipinski definition) is 7. The summed E-state index contributed by atoms with van der Waals surface area (Å²) in [7, 11) is 0. The molecule has 0 aliphatic heterocycles. The van der Waals surface area contributed by atoms with E-state index in [0.717, 1.165) is 0 Å². The highest BCUT2D eigenvalue weighted by molar-refractivity contribution is 5.95. The van der Waals surface area contributed by atoms with Gasteiger partial charge in [-0.05, 0) is 13.0 Å². The monoisotopic (exact) mass is 375 g/mol. The molecule has 27 heavy (non-hydrogen) atoms. The molecule has 1 unspecified atom stereocenters. The Kier molecular flexibility index (Phi) is 6.33. The maximum Gasteiger partial charge on any atom is 0.328 e. The third-order valence-corrected chi connectivity index (χ3v) is 3.52. The van der Waals surface area contributed by atoms with Crippen molar-refractivity contribution in [1.29, 1.82) is 0 Å². The smallest absolute Gasteiger partial charge is 0.328 e. The molecule has 0 bridgehead atoms. The van der Waals surface area contributed by atoms with Gasteiger partial charge in [0.25, 0.3) is 11.6 Å². The van der Waals surface area contributed by atoms with E-state index in [1.165, 1.54) is 35.9 Å². The van der Waals surface area contributed by atoms with Gasteiger partial charge in [0.1, 0.15) is 0 Å². The van der Waals surface area contributed by atoms with Crippen LogP contribution in [-0.4, -0.2) is 56.2 Å². The maximum atomic E-state index is 12.4. The number of amides is 1. The fourth-order valence-corrected chi connectivity index (χ4v) is 2.19. The number of nitro groups is 1. The van der Waals surface area contributed by atoms with Crippen molar-refractivity contribution in [3.63, 3.8) is 0 Å². The lowest BCUT2D eigenvalue weighted by Crippen LogP contribution is -2.44. The molecule has 1 aromatic heterocycles. The Morgan fingerprint density at radius 3 is 2.89 bits per heavy atom. The summed E-state index contributed by atoms with van der Waals surface area (Å²) in [6, 6.07) is 4.38. The molecule has 2 rings (SSSR count). The molecular weight excluding hydrogens is 358 g/mol. The van der Waals surface area contributed by atoms with E-state index in [9.17, 15) is 24.8 Å². The molecule has 0 aliphatic rings. The highest BCUT2D eigenvalue weighted by atomic mass is 16.6. The summed E-state index contributed by atoms with van der Waals surface area (Å²) in [5.74, 6) is -2.02. The van der Waals surface area contributed by atoms with E-state index in [1.54, 1.807) is 6.07 Å². The van der Waals surface area contributed by atoms with Crippen molar-refractivity contribution in [2.45, 2.75) is 13.0 Å². The Hall–Kier alpha value is -3.60. The van der Waals surface area contributed by atoms with Gasteiger partial charge in [-0.2, -0.15) is 0 Å². The van der Waals surface area contributed by atoms with Crippen LogP contribution in [0.2, 0.25) is 0 Å². The molecule has 0 saturated carbocycles. The summed E-state index contributed by atoms with van der Waals surface area (Å²) in [5.41, 5.74) is 0.400. The number of benzene rings is 1. The first-order chi connectivity index (χ1) is 12.8. The van der Waals surface area contributed by atoms with Crippen LogP contribution in [0.3, 0.4) is 0 Å². The van der Waals surface area contributed by atoms with E-state index >= 15 is 0 Å². The minimum absolute atomic E-state index is 0.100. The van der Waals surface area contributed by atoms with Crippen LogP contribution in [0.5, 0.6) is 0 Å². The number of aliphatic carboxylic acids is 1. The van der Waals surface area contributed by atoms with Gasteiger partial charge in [-0.3, -0.25) is 14.9 Å². The van der Waals surface area contributed by atoms with Gasteiger partial charge >= 0.3 is 5.97 Å². The maximum absolute atomic E-state index is 12.4. The standard InChI is InChI=1S/C16H17N5O6/c1-3-7-27-9-13(16(23)24)17-15(22)14-10(2)20(19-18-14)11-5-4-6-12(8-11)21(25)26/h3-6,8,13H,1,7,9H2,2H3,(H,17,22)(H,23,24). The van der Waals surface area contributed by atoms with Crippen LogP contribution in [-0.2, 0) is 9.53 Å². The molecular formula is C16H17N5O6. The summed E-state index contributed by atoms with van der Waals surface area (Å²) in [4.78, 5) is 34.0. The van der Waals surface area contributed by atoms with Crippen LogP contribution in [0.15, 0.2) is 36.9 Å². The first-order valence-corrected chi connectivity index (χ1v) is 7.74. The van der Waals surface area contributed by atoms with Crippen LogP contribution in [0.25, 0.3) is 5.69 Å². The molecule has 11 nitrogen and oxygen atoms in total. The number of carboxylic acids is 1. The molecule has 0 saturated heterocycles. The summed E-state index contributed by atoms with van der Waals surface area (Å²) >= 11 is 0. The van der Waals surface area contributed by atoms with Crippen molar-refractivity contribution >= 4 is 17.6 Å². The highest BCUT2D eigenvalue weighted by Gasteiger charge is 2.25. The molecule has 1 heterocycles. The van der Waals surface area contributed by atoms with Gasteiger partial charge in [0.05, 0.1) is 29.5 Å². The molecule has 0 radical (unpaired) electrons. The lowest BCUT2D eigenvalue weighted by atomic mass is 10.2. The zero-order valence-corrected chi connectivity index (χ0v) is 14.4. The van der Waals surface area contributed by atoms with Crippen molar-refractivity contribution in [3.8, 4) is 5.69 Å². The Balaban J connectivity index is 2.21. The summed E-state index contributed by atoms with van der Waals surface area (Å²) in [5, 5.41) is 30.0. The fourth-order valence-electron chi connectivity index (χ4n) is 2.19. The van der Waals surface area contributed by atoms with E-state index in [4.69, 9.17) is 4.74 Å². The number of aromatic nitrogens is 3. The zero-order chi connectivity index (χ0) is 20.0. The summed E-state index contributed by atoms with van der Waals surface area (Å²) in [6.45, 7) is 4.88. The third kappa shape index (κ3) is 4.73. The molecule has 0 aliphatic carbocycles. The number of carbonyl (C=O) groups is 2. The van der Waals surface area contributed by atoms with E-state index in [2.05, 4.69) is 22.2 Å². The Morgan fingerprint density at radius 2 is 2.26 bits per heavy atom. The number of nitrogens with zero attached hydrogens (tertiary/aromatic N) is 4. The van der Waals surface area contributed by atoms with Gasteiger partial charge < -0.3 is 15.2 Å². The first kappa shape index (κ1) is 19.7. The topological polar surface area (TPSA) is 149 Å². The van der Waals surface area contributed by atoms with Crippen molar-refractivity contribution in [3.05, 3.63) is 58.4 Å². The second-order valence-electron chi connectivity index (χ2n) is 5.40. The first-order valence-electron chi connectivity index (χ1n) is 7.74. The summed E-state index contributed by atoms with van der Waals surface area (Å²) in [6.07, 6.45) is 1.45. The van der Waals surface area contributed by atoms with Crippen LogP contribution in [0.4, 0.5) is 5.69 Å². The largest absolute Gasteiger partial charge is 0.480 e. The number of carbonyl (C=O) groups excluding carboxylic acids is 1. The van der Waals surface area contributed by atoms with Crippen LogP contribution in [0, 0.1) is 17.0 Å². The number of nitro benzene ring substituents is 1. The molecule has 142 valence electrons. The molecule has 2 N–H and O–H groups in total. The zero-order valence-electron chi connectivity index (χ0n) is 14.4. The fraction of sp³-hybridized carbons (Fsp3) is 0.250. The van der Waals surface area contributed by atoms with E-state index in [1.807, 2.05) is 0 Å². The Bertz CT molecular complexity index is 878. The van der Waals surface area contributed by atoms with E-state index in [0.29, 0.717) is 11.4 Å². The highest BCUT2D eigenvalue weighted by Crippen LogP contribution is 2.18. The van der Waals surface area contributed by atoms with Crippen LogP contribution in [0.1, 0.15) is 16.2 Å². The van der Waals surface area contributed by atoms with Crippen molar-refractivity contribution < 1.29 is 24.4 Å². The third-order valence-electron chi connectivity index (χ3n) is 3.52. The lowest BCUT2D eigenvalue weighted by Gasteiger charge is -2.13. The van der Waals surface area contributed by atoms with Crippen LogP contribution >= 0.6 is 0 Å². The molecule has 1 amide bonds. The van der Waals surface area contributed by atoms with Crippen molar-refractivity contribution in [1.82, 2.24) is 20.3 Å². The molecule has 11 heteroatoms. The predicted molar refractivity (Wildman–Crippen MR) is 92.7 cm³/mol. The number of nitrogens with one attached hydrogen (secondary N) is 1. The average Bonchev–Trinajstić information content (AvgIpc) is 3.02. The van der Waals surface area contributed by atoms with Crippen LogP contribution < -0.4 is 5.32 Å². The van der Waals surface area contributed by atoms with Gasteiger partial charge in [0.2, 0.25) is 0 Å². The minimum Gasteiger partial charge on any atom is -0.480 e. The molecule has 1 atom stereocenters. The van der Waals surface area contributed by atoms with Gasteiger partial charge in [-0.1, -0.05) is 17.4 Å². The number of ether oxygens (including phenoxy) is 1. The molecule has 1 aromatic carbocycles. The van der Waals surface area contributed by atoms with Gasteiger partial charge in [-0.25, -0.2) is 9.48 Å².